The molecule has 0 aliphatic rings. The molecular weight excluding hydrogens is 238 g/mol. The van der Waals surface area contributed by atoms with Gasteiger partial charge < -0.3 is 10.1 Å². The zero-order valence-corrected chi connectivity index (χ0v) is 13.1. The van der Waals surface area contributed by atoms with E-state index in [1.54, 1.807) is 0 Å². The van der Waals surface area contributed by atoms with Crippen molar-refractivity contribution in [1.82, 2.24) is 9.97 Å². The number of nitrogens with one attached hydrogen (secondary N) is 1. The molecule has 4 heteroatoms. The first kappa shape index (κ1) is 15.9. The lowest BCUT2D eigenvalue weighted by molar-refractivity contribution is -0.0208. The Morgan fingerprint density at radius 3 is 2.37 bits per heavy atom. The van der Waals surface area contributed by atoms with E-state index in [9.17, 15) is 0 Å². The zero-order valence-electron chi connectivity index (χ0n) is 13.1. The molecule has 0 saturated heterocycles. The summed E-state index contributed by atoms with van der Waals surface area (Å²) < 4.78 is 5.76. The Balaban J connectivity index is 3.18. The molecule has 0 saturated carbocycles. The molecule has 0 bridgehead atoms. The van der Waals surface area contributed by atoms with E-state index < -0.39 is 5.60 Å². The fourth-order valence-corrected chi connectivity index (χ4v) is 2.02. The van der Waals surface area contributed by atoms with Crippen LogP contribution in [-0.2, 0) is 16.8 Å². The summed E-state index contributed by atoms with van der Waals surface area (Å²) in [6.45, 7) is 14.0. The van der Waals surface area contributed by atoms with Crippen LogP contribution in [0, 0.1) is 6.92 Å². The molecule has 1 N–H and O–H groups in total. The number of rotatable bonds is 7. The summed E-state index contributed by atoms with van der Waals surface area (Å²) in [5, 5.41) is 3.39. The number of hydrogen-bond acceptors (Lipinski definition) is 4. The Morgan fingerprint density at radius 1 is 1.16 bits per heavy atom. The summed E-state index contributed by atoms with van der Waals surface area (Å²) in [6.07, 6.45) is 1.99. The third-order valence-electron chi connectivity index (χ3n) is 3.17. The van der Waals surface area contributed by atoms with Crippen molar-refractivity contribution in [2.45, 2.75) is 60.0 Å². The Morgan fingerprint density at radius 2 is 1.84 bits per heavy atom. The number of nitrogens with zero attached hydrogens (tertiary/aromatic N) is 2. The second kappa shape index (κ2) is 6.85. The van der Waals surface area contributed by atoms with E-state index in [2.05, 4.69) is 36.1 Å². The van der Waals surface area contributed by atoms with Crippen LogP contribution in [0.4, 0.5) is 5.82 Å². The van der Waals surface area contributed by atoms with Crippen molar-refractivity contribution >= 4 is 5.82 Å². The molecule has 1 aromatic rings. The summed E-state index contributed by atoms with van der Waals surface area (Å²) in [6, 6.07) is 0. The van der Waals surface area contributed by atoms with Gasteiger partial charge in [-0.05, 0) is 40.5 Å². The van der Waals surface area contributed by atoms with E-state index >= 15 is 0 Å². The third kappa shape index (κ3) is 3.90. The highest BCUT2D eigenvalue weighted by atomic mass is 16.5. The van der Waals surface area contributed by atoms with Crippen molar-refractivity contribution in [1.29, 1.82) is 0 Å². The fraction of sp³-hybridized carbons (Fsp3) is 0.733. The molecule has 0 aromatic carbocycles. The molecule has 0 radical (unpaired) electrons. The molecule has 19 heavy (non-hydrogen) atoms. The van der Waals surface area contributed by atoms with Gasteiger partial charge in [-0.3, -0.25) is 0 Å². The van der Waals surface area contributed by atoms with Crippen LogP contribution in [0.2, 0.25) is 0 Å². The van der Waals surface area contributed by atoms with Crippen LogP contribution >= 0.6 is 0 Å². The van der Waals surface area contributed by atoms with Gasteiger partial charge in [0.05, 0.1) is 0 Å². The summed E-state index contributed by atoms with van der Waals surface area (Å²) in [7, 11) is 0. The summed E-state index contributed by atoms with van der Waals surface area (Å²) in [5.41, 5.74) is 1.79. The summed E-state index contributed by atoms with van der Waals surface area (Å²) >= 11 is 0. The number of aryl methyl sites for hydroxylation is 1. The number of ether oxygens (including phenoxy) is 1. The molecule has 0 spiro atoms. The Kier molecular flexibility index (Phi) is 5.73. The van der Waals surface area contributed by atoms with Crippen LogP contribution in [-0.4, -0.2) is 23.1 Å². The van der Waals surface area contributed by atoms with E-state index in [1.165, 1.54) is 0 Å². The predicted molar refractivity (Wildman–Crippen MR) is 79.6 cm³/mol. The lowest BCUT2D eigenvalue weighted by Crippen LogP contribution is -2.26. The van der Waals surface area contributed by atoms with Crippen LogP contribution in [0.25, 0.3) is 0 Å². The highest BCUT2D eigenvalue weighted by Crippen LogP contribution is 2.25. The Bertz CT molecular complexity index is 416. The van der Waals surface area contributed by atoms with Crippen molar-refractivity contribution in [3.05, 3.63) is 17.1 Å². The highest BCUT2D eigenvalue weighted by Gasteiger charge is 2.26. The van der Waals surface area contributed by atoms with Gasteiger partial charge in [-0.1, -0.05) is 13.8 Å². The molecule has 0 amide bonds. The van der Waals surface area contributed by atoms with Gasteiger partial charge in [-0.15, -0.1) is 0 Å². The standard InChI is InChI=1S/C15H27N3O/c1-7-10-16-13-11(4)12(8-2)17-14(18-13)15(5,6)19-9-3/h7-10H2,1-6H3,(H,16,17,18). The number of anilines is 1. The quantitative estimate of drug-likeness (QED) is 0.820. The second-order valence-electron chi connectivity index (χ2n) is 5.19. The molecule has 1 heterocycles. The first-order valence-electron chi connectivity index (χ1n) is 7.22. The van der Waals surface area contributed by atoms with Crippen LogP contribution in [0.15, 0.2) is 0 Å². The van der Waals surface area contributed by atoms with Gasteiger partial charge in [0.25, 0.3) is 0 Å². The van der Waals surface area contributed by atoms with E-state index in [0.717, 1.165) is 42.3 Å². The molecule has 4 nitrogen and oxygen atoms in total. The molecule has 0 aliphatic heterocycles. The van der Waals surface area contributed by atoms with Gasteiger partial charge in [-0.2, -0.15) is 0 Å². The van der Waals surface area contributed by atoms with E-state index in [4.69, 9.17) is 4.74 Å². The van der Waals surface area contributed by atoms with Crippen molar-refractivity contribution < 1.29 is 4.74 Å². The maximum Gasteiger partial charge on any atom is 0.162 e. The Labute approximate surface area is 117 Å². The van der Waals surface area contributed by atoms with Crippen LogP contribution < -0.4 is 5.32 Å². The minimum Gasteiger partial charge on any atom is -0.370 e. The molecule has 108 valence electrons. The van der Waals surface area contributed by atoms with Crippen LogP contribution in [0.3, 0.4) is 0 Å². The number of aromatic nitrogens is 2. The SMILES string of the molecule is CCCNc1nc(C(C)(C)OCC)nc(CC)c1C. The minimum absolute atomic E-state index is 0.449. The van der Waals surface area contributed by atoms with Gasteiger partial charge in [0, 0.05) is 24.4 Å². The highest BCUT2D eigenvalue weighted by molar-refractivity contribution is 5.46. The summed E-state index contributed by atoms with van der Waals surface area (Å²) in [4.78, 5) is 9.34. The maximum atomic E-state index is 5.76. The average Bonchev–Trinajstić information content (AvgIpc) is 2.37. The van der Waals surface area contributed by atoms with Gasteiger partial charge in [-0.25, -0.2) is 9.97 Å². The Hall–Kier alpha value is -1.16. The molecule has 0 fully saturated rings. The van der Waals surface area contributed by atoms with Crippen molar-refractivity contribution in [3.63, 3.8) is 0 Å². The van der Waals surface area contributed by atoms with E-state index in [1.807, 2.05) is 20.8 Å². The lowest BCUT2D eigenvalue weighted by Gasteiger charge is -2.25. The lowest BCUT2D eigenvalue weighted by atomic mass is 10.1. The first-order chi connectivity index (χ1) is 8.96. The number of hydrogen-bond donors (Lipinski definition) is 1. The molecule has 1 aromatic heterocycles. The smallest absolute Gasteiger partial charge is 0.162 e. The normalized spacial score (nSPS) is 11.7. The monoisotopic (exact) mass is 265 g/mol. The molecular formula is C15H27N3O. The van der Waals surface area contributed by atoms with Gasteiger partial charge in [0.15, 0.2) is 5.82 Å². The average molecular weight is 265 g/mol. The van der Waals surface area contributed by atoms with Gasteiger partial charge in [0.2, 0.25) is 0 Å². The van der Waals surface area contributed by atoms with Gasteiger partial charge in [0.1, 0.15) is 11.4 Å². The maximum absolute atomic E-state index is 5.76. The van der Waals surface area contributed by atoms with E-state index in [0.29, 0.717) is 6.61 Å². The van der Waals surface area contributed by atoms with Crippen LogP contribution in [0.1, 0.15) is 58.1 Å². The van der Waals surface area contributed by atoms with E-state index in [-0.39, 0.29) is 0 Å². The molecule has 1 rings (SSSR count). The van der Waals surface area contributed by atoms with Crippen LogP contribution in [0.5, 0.6) is 0 Å². The van der Waals surface area contributed by atoms with Crippen molar-refractivity contribution in [2.24, 2.45) is 0 Å². The largest absolute Gasteiger partial charge is 0.370 e. The van der Waals surface area contributed by atoms with Crippen molar-refractivity contribution in [2.75, 3.05) is 18.5 Å². The topological polar surface area (TPSA) is 47.0 Å². The van der Waals surface area contributed by atoms with Crippen molar-refractivity contribution in [3.8, 4) is 0 Å². The van der Waals surface area contributed by atoms with Gasteiger partial charge >= 0.3 is 0 Å². The molecule has 0 unspecified atom stereocenters. The zero-order chi connectivity index (χ0) is 14.5. The first-order valence-corrected chi connectivity index (χ1v) is 7.22. The molecule has 0 aliphatic carbocycles. The second-order valence-corrected chi connectivity index (χ2v) is 5.19. The minimum atomic E-state index is -0.449. The third-order valence-corrected chi connectivity index (χ3v) is 3.17. The molecule has 0 atom stereocenters. The summed E-state index contributed by atoms with van der Waals surface area (Å²) in [5.74, 6) is 1.70. The fourth-order valence-electron chi connectivity index (χ4n) is 2.02. The predicted octanol–water partition coefficient (Wildman–Crippen LogP) is 3.44.